The Kier molecular flexibility index (Phi) is 6.95. The summed E-state index contributed by atoms with van der Waals surface area (Å²) in [5.74, 6) is -1.07. The molecule has 10 nitrogen and oxygen atoms in total. The largest absolute Gasteiger partial charge is 0.478 e. The molecule has 0 spiro atoms. The van der Waals surface area contributed by atoms with E-state index in [1.165, 1.54) is 30.5 Å². The maximum Gasteiger partial charge on any atom is 0.406 e. The molecule has 4 aromatic rings. The predicted octanol–water partition coefficient (Wildman–Crippen LogP) is 4.85. The van der Waals surface area contributed by atoms with Gasteiger partial charge in [0.2, 0.25) is 5.75 Å². The number of ether oxygens (including phenoxy) is 1. The first-order valence-corrected chi connectivity index (χ1v) is 11.6. The van der Waals surface area contributed by atoms with Crippen LogP contribution in [0.25, 0.3) is 11.3 Å². The molecule has 2 atom stereocenters. The molecule has 176 valence electrons. The van der Waals surface area contributed by atoms with Crippen LogP contribution in [0.3, 0.4) is 0 Å². The third-order valence-corrected chi connectivity index (χ3v) is 6.03. The Balaban J connectivity index is 1.73. The van der Waals surface area contributed by atoms with Gasteiger partial charge in [-0.3, -0.25) is 4.68 Å². The fourth-order valence-corrected chi connectivity index (χ4v) is 4.29. The number of aromatic nitrogens is 5. The van der Waals surface area contributed by atoms with Gasteiger partial charge in [0.1, 0.15) is 29.4 Å². The van der Waals surface area contributed by atoms with Gasteiger partial charge < -0.3 is 20.0 Å². The van der Waals surface area contributed by atoms with Crippen LogP contribution in [0.4, 0.5) is 10.2 Å². The highest BCUT2D eigenvalue weighted by molar-refractivity contribution is 9.10. The Labute approximate surface area is 205 Å². The van der Waals surface area contributed by atoms with Crippen LogP contribution in [-0.2, 0) is 6.54 Å². The highest BCUT2D eigenvalue weighted by Gasteiger charge is 2.27. The summed E-state index contributed by atoms with van der Waals surface area (Å²) in [5.41, 5.74) is 2.04. The molecule has 13 heteroatoms. The van der Waals surface area contributed by atoms with Gasteiger partial charge in [0.15, 0.2) is 6.20 Å². The summed E-state index contributed by atoms with van der Waals surface area (Å²) in [6, 6.07) is 5.47. The second-order valence-electron chi connectivity index (χ2n) is 7.25. The van der Waals surface area contributed by atoms with Crippen molar-refractivity contribution in [3.63, 3.8) is 0 Å². The Hall–Kier alpha value is -3.29. The number of hydrogen-bond acceptors (Lipinski definition) is 9. The van der Waals surface area contributed by atoms with E-state index in [0.717, 1.165) is 11.7 Å². The fourth-order valence-electron chi connectivity index (χ4n) is 3.39. The van der Waals surface area contributed by atoms with E-state index in [0.29, 0.717) is 33.4 Å². The van der Waals surface area contributed by atoms with Crippen molar-refractivity contribution < 1.29 is 19.2 Å². The Morgan fingerprint density at radius 1 is 1.32 bits per heavy atom. The SMILES string of the molecule is CCn1cc(C(O)c2nsnc2-c2ccc(F)cc2[C@@H](C)Oc2cc(Br)cnc2[N+](=O)[O-])cn1. The predicted molar refractivity (Wildman–Crippen MR) is 125 cm³/mol. The van der Waals surface area contributed by atoms with E-state index in [2.05, 4.69) is 34.8 Å². The van der Waals surface area contributed by atoms with Crippen LogP contribution in [0.15, 0.2) is 47.3 Å². The second kappa shape index (κ2) is 9.91. The van der Waals surface area contributed by atoms with Gasteiger partial charge in [-0.2, -0.15) is 13.8 Å². The van der Waals surface area contributed by atoms with Crippen LogP contribution in [0.2, 0.25) is 0 Å². The van der Waals surface area contributed by atoms with E-state index in [9.17, 15) is 19.6 Å². The first-order chi connectivity index (χ1) is 16.3. The lowest BCUT2D eigenvalue weighted by molar-refractivity contribution is -0.390. The molecule has 0 fully saturated rings. The number of pyridine rings is 1. The molecule has 0 aliphatic carbocycles. The van der Waals surface area contributed by atoms with Crippen molar-refractivity contribution in [3.8, 4) is 17.0 Å². The van der Waals surface area contributed by atoms with E-state index >= 15 is 0 Å². The summed E-state index contributed by atoms with van der Waals surface area (Å²) in [6.45, 7) is 4.20. The molecule has 1 N–H and O–H groups in total. The summed E-state index contributed by atoms with van der Waals surface area (Å²) in [6.07, 6.45) is 2.63. The highest BCUT2D eigenvalue weighted by atomic mass is 79.9. The molecule has 34 heavy (non-hydrogen) atoms. The molecule has 3 heterocycles. The van der Waals surface area contributed by atoms with Crippen LogP contribution >= 0.6 is 27.7 Å². The quantitative estimate of drug-likeness (QED) is 0.244. The van der Waals surface area contributed by atoms with Crippen LogP contribution in [0.1, 0.15) is 42.9 Å². The van der Waals surface area contributed by atoms with Gasteiger partial charge >= 0.3 is 5.82 Å². The van der Waals surface area contributed by atoms with Crippen LogP contribution < -0.4 is 4.74 Å². The number of rotatable bonds is 8. The Bertz CT molecular complexity index is 1350. The number of nitro groups is 1. The van der Waals surface area contributed by atoms with Crippen LogP contribution in [0, 0.1) is 15.9 Å². The first kappa shape index (κ1) is 23.9. The summed E-state index contributed by atoms with van der Waals surface area (Å²) in [4.78, 5) is 14.5. The Morgan fingerprint density at radius 2 is 2.12 bits per heavy atom. The van der Waals surface area contributed by atoms with E-state index in [1.807, 2.05) is 6.92 Å². The van der Waals surface area contributed by atoms with E-state index < -0.39 is 28.8 Å². The van der Waals surface area contributed by atoms with Crippen molar-refractivity contribution >= 4 is 33.5 Å². The summed E-state index contributed by atoms with van der Waals surface area (Å²) in [7, 11) is 0. The average molecular weight is 549 g/mol. The minimum absolute atomic E-state index is 0.0780. The normalized spacial score (nSPS) is 13.0. The number of hydrogen-bond donors (Lipinski definition) is 1. The lowest BCUT2D eigenvalue weighted by Crippen LogP contribution is -2.09. The van der Waals surface area contributed by atoms with Gasteiger partial charge in [-0.25, -0.2) is 4.39 Å². The summed E-state index contributed by atoms with van der Waals surface area (Å²) < 4.78 is 30.9. The molecular formula is C21H18BrFN6O4S. The van der Waals surface area contributed by atoms with Crippen LogP contribution in [0.5, 0.6) is 5.75 Å². The molecule has 3 aromatic heterocycles. The molecule has 0 amide bonds. The van der Waals surface area contributed by atoms with Gasteiger partial charge in [-0.05, 0) is 57.9 Å². The maximum atomic E-state index is 14.2. The van der Waals surface area contributed by atoms with Crippen molar-refractivity contribution in [3.05, 3.63) is 80.1 Å². The molecule has 4 rings (SSSR count). The van der Waals surface area contributed by atoms with Gasteiger partial charge in [-0.15, -0.1) is 0 Å². The summed E-state index contributed by atoms with van der Waals surface area (Å²) >= 11 is 4.13. The number of nitrogens with zero attached hydrogens (tertiary/aromatic N) is 6. The smallest absolute Gasteiger partial charge is 0.406 e. The minimum Gasteiger partial charge on any atom is -0.478 e. The van der Waals surface area contributed by atoms with Gasteiger partial charge in [0.25, 0.3) is 0 Å². The van der Waals surface area contributed by atoms with E-state index in [1.54, 1.807) is 24.0 Å². The second-order valence-corrected chi connectivity index (χ2v) is 8.70. The zero-order valence-corrected chi connectivity index (χ0v) is 20.3. The monoisotopic (exact) mass is 548 g/mol. The third kappa shape index (κ3) is 4.81. The van der Waals surface area contributed by atoms with Crippen molar-refractivity contribution in [1.29, 1.82) is 0 Å². The number of aliphatic hydroxyl groups excluding tert-OH is 1. The molecule has 0 radical (unpaired) electrons. The average Bonchev–Trinajstić information content (AvgIpc) is 3.48. The lowest BCUT2D eigenvalue weighted by Gasteiger charge is -2.18. The lowest BCUT2D eigenvalue weighted by atomic mass is 9.97. The van der Waals surface area contributed by atoms with Crippen molar-refractivity contribution in [1.82, 2.24) is 23.5 Å². The van der Waals surface area contributed by atoms with Crippen molar-refractivity contribution in [2.45, 2.75) is 32.6 Å². The van der Waals surface area contributed by atoms with Gasteiger partial charge in [0.05, 0.1) is 22.4 Å². The number of aliphatic hydroxyl groups is 1. The molecular weight excluding hydrogens is 531 g/mol. The molecule has 1 unspecified atom stereocenters. The molecule has 0 saturated heterocycles. The molecule has 0 saturated carbocycles. The number of aryl methyl sites for hydroxylation is 1. The van der Waals surface area contributed by atoms with Crippen molar-refractivity contribution in [2.75, 3.05) is 0 Å². The van der Waals surface area contributed by atoms with Crippen LogP contribution in [-0.4, -0.2) is 33.5 Å². The minimum atomic E-state index is -1.10. The summed E-state index contributed by atoms with van der Waals surface area (Å²) in [5, 5.41) is 26.5. The number of benzene rings is 1. The molecule has 0 bridgehead atoms. The molecule has 1 aromatic carbocycles. The standard InChI is InChI=1S/C21H18BrFN6O4S/c1-3-28-10-12(8-25-28)20(30)19-18(26-34-27-19)15-5-4-14(23)7-16(15)11(2)33-17-6-13(22)9-24-21(17)29(31)32/h4-11,20,30H,3H2,1-2H3/t11-,20?/m1/s1. The van der Waals surface area contributed by atoms with Crippen molar-refractivity contribution in [2.24, 2.45) is 0 Å². The number of halogens is 2. The van der Waals surface area contributed by atoms with Gasteiger partial charge in [-0.1, -0.05) is 0 Å². The first-order valence-electron chi connectivity index (χ1n) is 10.1. The highest BCUT2D eigenvalue weighted by Crippen LogP contribution is 2.38. The van der Waals surface area contributed by atoms with Gasteiger partial charge in [0, 0.05) is 35.5 Å². The fraction of sp³-hybridized carbons (Fsp3) is 0.238. The Morgan fingerprint density at radius 3 is 2.82 bits per heavy atom. The molecule has 0 aliphatic rings. The molecule has 0 aliphatic heterocycles. The van der Waals surface area contributed by atoms with E-state index in [4.69, 9.17) is 4.74 Å². The zero-order valence-electron chi connectivity index (χ0n) is 17.9. The maximum absolute atomic E-state index is 14.2. The third-order valence-electron chi connectivity index (χ3n) is 5.05. The van der Waals surface area contributed by atoms with E-state index in [-0.39, 0.29) is 11.4 Å². The zero-order chi connectivity index (χ0) is 24.4. The topological polar surface area (TPSA) is 129 Å².